The summed E-state index contributed by atoms with van der Waals surface area (Å²) in [5, 5.41) is 13.0. The normalized spacial score (nSPS) is 10.9. The van der Waals surface area contributed by atoms with E-state index in [0.717, 1.165) is 22.4 Å². The predicted molar refractivity (Wildman–Crippen MR) is 107 cm³/mol. The zero-order valence-corrected chi connectivity index (χ0v) is 14.8. The lowest BCUT2D eigenvalue weighted by atomic mass is 10.3. The van der Waals surface area contributed by atoms with Gasteiger partial charge in [-0.25, -0.2) is 0 Å². The van der Waals surface area contributed by atoms with Gasteiger partial charge in [-0.3, -0.25) is 10.9 Å². The third kappa shape index (κ3) is 2.92. The SMILES string of the molecule is c1ccc(NNc2nc(-n3nnc4ccccc43)nn2-c2ccccc2)cc1. The molecule has 5 aromatic rings. The van der Waals surface area contributed by atoms with Crippen molar-refractivity contribution in [2.75, 3.05) is 10.9 Å². The summed E-state index contributed by atoms with van der Waals surface area (Å²) in [5.74, 6) is 0.958. The van der Waals surface area contributed by atoms with Gasteiger partial charge in [0.25, 0.3) is 5.95 Å². The van der Waals surface area contributed by atoms with Crippen molar-refractivity contribution in [3.05, 3.63) is 84.9 Å². The maximum Gasteiger partial charge on any atom is 0.273 e. The molecule has 0 spiro atoms. The van der Waals surface area contributed by atoms with Crippen molar-refractivity contribution < 1.29 is 0 Å². The van der Waals surface area contributed by atoms with Gasteiger partial charge in [0.2, 0.25) is 5.95 Å². The maximum atomic E-state index is 4.65. The Hall–Kier alpha value is -4.20. The van der Waals surface area contributed by atoms with Crippen LogP contribution in [0.25, 0.3) is 22.7 Å². The monoisotopic (exact) mass is 368 g/mol. The second-order valence-corrected chi connectivity index (χ2v) is 6.09. The van der Waals surface area contributed by atoms with Crippen LogP contribution in [0.5, 0.6) is 0 Å². The van der Waals surface area contributed by atoms with Gasteiger partial charge < -0.3 is 0 Å². The van der Waals surface area contributed by atoms with Crippen LogP contribution in [0.1, 0.15) is 0 Å². The number of fused-ring (bicyclic) bond motifs is 1. The summed E-state index contributed by atoms with van der Waals surface area (Å²) in [7, 11) is 0. The van der Waals surface area contributed by atoms with Gasteiger partial charge >= 0.3 is 0 Å². The molecule has 0 bridgehead atoms. The highest BCUT2D eigenvalue weighted by atomic mass is 15.6. The number of nitrogens with one attached hydrogen (secondary N) is 2. The number of anilines is 2. The zero-order valence-electron chi connectivity index (χ0n) is 14.8. The average Bonchev–Trinajstić information content (AvgIpc) is 3.38. The highest BCUT2D eigenvalue weighted by Crippen LogP contribution is 2.19. The molecule has 2 aromatic heterocycles. The Labute approximate surface area is 160 Å². The summed E-state index contributed by atoms with van der Waals surface area (Å²) in [6, 6.07) is 27.3. The fraction of sp³-hybridized carbons (Fsp3) is 0. The van der Waals surface area contributed by atoms with Crippen molar-refractivity contribution >= 4 is 22.7 Å². The minimum Gasteiger partial charge on any atom is -0.298 e. The van der Waals surface area contributed by atoms with Gasteiger partial charge in [0.1, 0.15) is 5.52 Å². The Balaban J connectivity index is 1.57. The molecule has 0 amide bonds. The van der Waals surface area contributed by atoms with Gasteiger partial charge in [-0.2, -0.15) is 14.3 Å². The van der Waals surface area contributed by atoms with E-state index in [9.17, 15) is 0 Å². The molecule has 0 aliphatic heterocycles. The summed E-state index contributed by atoms with van der Waals surface area (Å²) < 4.78 is 3.35. The summed E-state index contributed by atoms with van der Waals surface area (Å²) in [5.41, 5.74) is 9.71. The van der Waals surface area contributed by atoms with E-state index in [4.69, 9.17) is 0 Å². The van der Waals surface area contributed by atoms with Gasteiger partial charge in [0.15, 0.2) is 0 Å². The Morgan fingerprint density at radius 1 is 0.679 bits per heavy atom. The summed E-state index contributed by atoms with van der Waals surface area (Å²) >= 11 is 0. The molecule has 3 aromatic carbocycles. The lowest BCUT2D eigenvalue weighted by Crippen LogP contribution is -2.13. The number of nitrogens with zero attached hydrogens (tertiary/aromatic N) is 6. The molecule has 0 radical (unpaired) electrons. The van der Waals surface area contributed by atoms with Gasteiger partial charge in [0.05, 0.1) is 16.9 Å². The molecule has 0 aliphatic carbocycles. The number of rotatable bonds is 5. The van der Waals surface area contributed by atoms with E-state index in [1.54, 1.807) is 9.36 Å². The Bertz CT molecular complexity index is 1210. The van der Waals surface area contributed by atoms with Crippen LogP contribution in [0.2, 0.25) is 0 Å². The number of para-hydroxylation sites is 3. The van der Waals surface area contributed by atoms with Crippen LogP contribution in [0, 0.1) is 0 Å². The standard InChI is InChI=1S/C20H16N8/c1-3-9-15(10-4-1)22-24-19-21-20(25-27(19)16-11-5-2-6-12-16)28-18-14-8-7-13-17(18)23-26-28/h1-14,22H,(H,21,24,25). The van der Waals surface area contributed by atoms with E-state index in [1.807, 2.05) is 84.9 Å². The van der Waals surface area contributed by atoms with Crippen molar-refractivity contribution in [1.29, 1.82) is 0 Å². The molecule has 136 valence electrons. The van der Waals surface area contributed by atoms with E-state index < -0.39 is 0 Å². The summed E-state index contributed by atoms with van der Waals surface area (Å²) in [6.45, 7) is 0. The maximum absolute atomic E-state index is 4.65. The molecule has 2 N–H and O–H groups in total. The van der Waals surface area contributed by atoms with Crippen LogP contribution in [0.3, 0.4) is 0 Å². The average molecular weight is 368 g/mol. The molecule has 0 fully saturated rings. The van der Waals surface area contributed by atoms with Gasteiger partial charge in [-0.15, -0.1) is 10.2 Å². The second kappa shape index (κ2) is 6.84. The molecule has 0 aliphatic rings. The number of benzene rings is 3. The quantitative estimate of drug-likeness (QED) is 0.462. The molecular formula is C20H16N8. The zero-order chi connectivity index (χ0) is 18.8. The van der Waals surface area contributed by atoms with E-state index >= 15 is 0 Å². The predicted octanol–water partition coefficient (Wildman–Crippen LogP) is 3.44. The Kier molecular flexibility index (Phi) is 3.91. The second-order valence-electron chi connectivity index (χ2n) is 6.09. The van der Waals surface area contributed by atoms with Gasteiger partial charge in [0, 0.05) is 0 Å². The van der Waals surface area contributed by atoms with Crippen molar-refractivity contribution in [3.63, 3.8) is 0 Å². The topological polar surface area (TPSA) is 85.5 Å². The lowest BCUT2D eigenvalue weighted by molar-refractivity contribution is 0.761. The van der Waals surface area contributed by atoms with E-state index in [2.05, 4.69) is 31.2 Å². The third-order valence-electron chi connectivity index (χ3n) is 4.23. The fourth-order valence-electron chi connectivity index (χ4n) is 2.89. The first kappa shape index (κ1) is 16.0. The van der Waals surface area contributed by atoms with Crippen LogP contribution in [-0.4, -0.2) is 29.8 Å². The van der Waals surface area contributed by atoms with Crippen LogP contribution in [-0.2, 0) is 0 Å². The molecule has 8 nitrogen and oxygen atoms in total. The molecule has 0 atom stereocenters. The van der Waals surface area contributed by atoms with Crippen molar-refractivity contribution in [2.45, 2.75) is 0 Å². The molecule has 0 unspecified atom stereocenters. The number of hydrogen-bond acceptors (Lipinski definition) is 6. The fourth-order valence-corrected chi connectivity index (χ4v) is 2.89. The molecular weight excluding hydrogens is 352 g/mol. The van der Waals surface area contributed by atoms with E-state index in [-0.39, 0.29) is 0 Å². The van der Waals surface area contributed by atoms with E-state index in [0.29, 0.717) is 11.9 Å². The minimum atomic E-state index is 0.426. The van der Waals surface area contributed by atoms with Crippen LogP contribution in [0.4, 0.5) is 11.6 Å². The molecule has 2 heterocycles. The highest BCUT2D eigenvalue weighted by Gasteiger charge is 2.16. The van der Waals surface area contributed by atoms with Crippen LogP contribution in [0.15, 0.2) is 84.9 Å². The van der Waals surface area contributed by atoms with Crippen LogP contribution >= 0.6 is 0 Å². The molecule has 0 saturated carbocycles. The van der Waals surface area contributed by atoms with Crippen LogP contribution < -0.4 is 10.9 Å². The number of aromatic nitrogens is 6. The van der Waals surface area contributed by atoms with Crippen molar-refractivity contribution in [3.8, 4) is 11.6 Å². The van der Waals surface area contributed by atoms with Gasteiger partial charge in [-0.05, 0) is 36.4 Å². The Morgan fingerprint density at radius 2 is 1.39 bits per heavy atom. The van der Waals surface area contributed by atoms with E-state index in [1.165, 1.54) is 0 Å². The first-order chi connectivity index (χ1) is 13.9. The first-order valence-electron chi connectivity index (χ1n) is 8.79. The highest BCUT2D eigenvalue weighted by molar-refractivity contribution is 5.75. The molecule has 0 saturated heterocycles. The number of hydrogen-bond donors (Lipinski definition) is 2. The van der Waals surface area contributed by atoms with Crippen molar-refractivity contribution in [1.82, 2.24) is 29.8 Å². The molecule has 8 heteroatoms. The Morgan fingerprint density at radius 3 is 2.21 bits per heavy atom. The largest absolute Gasteiger partial charge is 0.298 e. The minimum absolute atomic E-state index is 0.426. The van der Waals surface area contributed by atoms with Crippen molar-refractivity contribution in [2.24, 2.45) is 0 Å². The summed E-state index contributed by atoms with van der Waals surface area (Å²) in [4.78, 5) is 4.63. The van der Waals surface area contributed by atoms with Gasteiger partial charge in [-0.1, -0.05) is 53.7 Å². The summed E-state index contributed by atoms with van der Waals surface area (Å²) in [6.07, 6.45) is 0. The third-order valence-corrected chi connectivity index (χ3v) is 4.23. The molecule has 5 rings (SSSR count). The first-order valence-corrected chi connectivity index (χ1v) is 8.79. The lowest BCUT2D eigenvalue weighted by Gasteiger charge is -2.09. The number of hydrazine groups is 1. The smallest absolute Gasteiger partial charge is 0.273 e. The molecule has 28 heavy (non-hydrogen) atoms.